The van der Waals surface area contributed by atoms with Crippen LogP contribution in [0.3, 0.4) is 0 Å². The molecule has 1 aromatic carbocycles. The van der Waals surface area contributed by atoms with Crippen molar-refractivity contribution < 1.29 is 13.2 Å². The third-order valence-corrected chi connectivity index (χ3v) is 4.84. The Morgan fingerprint density at radius 1 is 0.947 bits per heavy atom. The Kier molecular flexibility index (Phi) is 3.19. The van der Waals surface area contributed by atoms with Crippen LogP contribution in [0.4, 0.5) is 18.9 Å². The highest BCUT2D eigenvalue weighted by molar-refractivity contribution is 5.48. The first-order chi connectivity index (χ1) is 9.11. The zero-order valence-corrected chi connectivity index (χ0v) is 10.8. The van der Waals surface area contributed by atoms with Crippen LogP contribution in [-0.4, -0.2) is 6.04 Å². The first-order valence-electron chi connectivity index (χ1n) is 7.02. The molecule has 1 nitrogen and oxygen atoms in total. The van der Waals surface area contributed by atoms with Crippen LogP contribution in [0, 0.1) is 22.9 Å². The second-order valence-corrected chi connectivity index (χ2v) is 5.90. The molecule has 3 rings (SSSR count). The van der Waals surface area contributed by atoms with Crippen LogP contribution in [0.25, 0.3) is 0 Å². The van der Waals surface area contributed by atoms with Gasteiger partial charge in [-0.2, -0.15) is 0 Å². The molecule has 2 aliphatic carbocycles. The van der Waals surface area contributed by atoms with Gasteiger partial charge in [0.05, 0.1) is 0 Å². The van der Waals surface area contributed by atoms with E-state index in [0.717, 1.165) is 37.8 Å². The van der Waals surface area contributed by atoms with Gasteiger partial charge in [0.15, 0.2) is 11.6 Å². The molecule has 0 heterocycles. The quantitative estimate of drug-likeness (QED) is 0.825. The molecule has 2 aliphatic rings. The van der Waals surface area contributed by atoms with Gasteiger partial charge in [0.2, 0.25) is 0 Å². The number of nitrogens with one attached hydrogen (secondary N) is 1. The van der Waals surface area contributed by atoms with E-state index in [1.807, 2.05) is 0 Å². The highest BCUT2D eigenvalue weighted by Gasteiger charge is 2.47. The molecule has 4 heteroatoms. The maximum Gasteiger partial charge on any atom is 0.152 e. The van der Waals surface area contributed by atoms with Gasteiger partial charge in [-0.15, -0.1) is 0 Å². The van der Waals surface area contributed by atoms with Crippen molar-refractivity contribution in [1.82, 2.24) is 0 Å². The molecule has 1 aromatic rings. The average molecular weight is 269 g/mol. The lowest BCUT2D eigenvalue weighted by Gasteiger charge is -2.52. The Morgan fingerprint density at radius 3 is 2.11 bits per heavy atom. The van der Waals surface area contributed by atoms with E-state index in [9.17, 15) is 13.2 Å². The van der Waals surface area contributed by atoms with Crippen molar-refractivity contribution >= 4 is 5.69 Å². The second kappa shape index (κ2) is 4.73. The Bertz CT molecular complexity index is 457. The minimum atomic E-state index is -0.874. The van der Waals surface area contributed by atoms with Crippen LogP contribution >= 0.6 is 0 Å². The summed E-state index contributed by atoms with van der Waals surface area (Å²) in [5, 5.41) is 2.99. The van der Waals surface area contributed by atoms with Gasteiger partial charge in [-0.3, -0.25) is 0 Å². The predicted octanol–water partition coefficient (Wildman–Crippen LogP) is 4.63. The summed E-state index contributed by atoms with van der Waals surface area (Å²) >= 11 is 0. The molecule has 1 atom stereocenters. The van der Waals surface area contributed by atoms with Crippen LogP contribution < -0.4 is 5.32 Å². The molecule has 0 bridgehead atoms. The lowest BCUT2D eigenvalue weighted by Crippen LogP contribution is -2.50. The minimum Gasteiger partial charge on any atom is -0.377 e. The summed E-state index contributed by atoms with van der Waals surface area (Å²) < 4.78 is 40.2. The maximum absolute atomic E-state index is 13.6. The summed E-state index contributed by atoms with van der Waals surface area (Å²) in [7, 11) is 0. The van der Waals surface area contributed by atoms with E-state index in [-0.39, 0.29) is 17.1 Å². The van der Waals surface area contributed by atoms with Gasteiger partial charge in [0.1, 0.15) is 11.5 Å². The van der Waals surface area contributed by atoms with Crippen molar-refractivity contribution in [2.75, 3.05) is 5.32 Å². The van der Waals surface area contributed by atoms with Gasteiger partial charge in [-0.1, -0.05) is 19.3 Å². The number of benzene rings is 1. The molecule has 0 radical (unpaired) electrons. The molecule has 0 aliphatic heterocycles. The minimum absolute atomic E-state index is 0.127. The third-order valence-electron chi connectivity index (χ3n) is 4.84. The summed E-state index contributed by atoms with van der Waals surface area (Å²) in [6.07, 6.45) is 8.00. The standard InChI is InChI=1S/C15H18F3N/c16-10-8-11(17)14(12(18)9-10)19-13-4-7-15(13)5-2-1-3-6-15/h8-9,13,19H,1-7H2. The zero-order chi connectivity index (χ0) is 13.5. The number of rotatable bonds is 2. The summed E-state index contributed by atoms with van der Waals surface area (Å²) in [4.78, 5) is 0. The monoisotopic (exact) mass is 269 g/mol. The lowest BCUT2D eigenvalue weighted by atomic mass is 9.57. The summed E-state index contributed by atoms with van der Waals surface area (Å²) in [6.45, 7) is 0. The fourth-order valence-electron chi connectivity index (χ4n) is 3.63. The molecular weight excluding hydrogens is 251 g/mol. The van der Waals surface area contributed by atoms with Gasteiger partial charge in [0, 0.05) is 18.2 Å². The molecule has 1 unspecified atom stereocenters. The highest BCUT2D eigenvalue weighted by atomic mass is 19.1. The molecule has 19 heavy (non-hydrogen) atoms. The molecular formula is C15H18F3N. The Labute approximate surface area is 111 Å². The fourth-order valence-corrected chi connectivity index (χ4v) is 3.63. The van der Waals surface area contributed by atoms with Crippen molar-refractivity contribution in [3.8, 4) is 0 Å². The number of hydrogen-bond donors (Lipinski definition) is 1. The summed E-state index contributed by atoms with van der Waals surface area (Å²) in [5.41, 5.74) is 0.0435. The van der Waals surface area contributed by atoms with E-state index in [4.69, 9.17) is 0 Å². The summed E-state index contributed by atoms with van der Waals surface area (Å²) in [5.74, 6) is -2.55. The van der Waals surface area contributed by atoms with Crippen LogP contribution in [0.5, 0.6) is 0 Å². The number of halogens is 3. The van der Waals surface area contributed by atoms with Crippen LogP contribution in [0.15, 0.2) is 12.1 Å². The molecule has 2 fully saturated rings. The zero-order valence-electron chi connectivity index (χ0n) is 10.8. The SMILES string of the molecule is Fc1cc(F)c(NC2CCC23CCCCC3)c(F)c1. The predicted molar refractivity (Wildman–Crippen MR) is 68.5 cm³/mol. The Hall–Kier alpha value is -1.19. The first kappa shape index (κ1) is 12.8. The Morgan fingerprint density at radius 2 is 1.58 bits per heavy atom. The molecule has 0 amide bonds. The van der Waals surface area contributed by atoms with E-state index >= 15 is 0 Å². The molecule has 0 aromatic heterocycles. The van der Waals surface area contributed by atoms with Crippen LogP contribution in [0.1, 0.15) is 44.9 Å². The van der Waals surface area contributed by atoms with Crippen LogP contribution in [0.2, 0.25) is 0 Å². The smallest absolute Gasteiger partial charge is 0.152 e. The topological polar surface area (TPSA) is 12.0 Å². The van der Waals surface area contributed by atoms with Crippen LogP contribution in [-0.2, 0) is 0 Å². The Balaban J connectivity index is 1.79. The lowest BCUT2D eigenvalue weighted by molar-refractivity contribution is 0.0567. The van der Waals surface area contributed by atoms with Crippen molar-refractivity contribution in [3.05, 3.63) is 29.6 Å². The molecule has 2 saturated carbocycles. The number of anilines is 1. The van der Waals surface area contributed by atoms with E-state index in [1.54, 1.807) is 0 Å². The van der Waals surface area contributed by atoms with E-state index in [2.05, 4.69) is 5.32 Å². The van der Waals surface area contributed by atoms with Gasteiger partial charge >= 0.3 is 0 Å². The van der Waals surface area contributed by atoms with Gasteiger partial charge < -0.3 is 5.32 Å². The first-order valence-corrected chi connectivity index (χ1v) is 7.02. The van der Waals surface area contributed by atoms with E-state index in [0.29, 0.717) is 0 Å². The number of hydrogen-bond acceptors (Lipinski definition) is 1. The normalized spacial score (nSPS) is 25.1. The van der Waals surface area contributed by atoms with Gasteiger partial charge in [-0.25, -0.2) is 13.2 Å². The fraction of sp³-hybridized carbons (Fsp3) is 0.600. The largest absolute Gasteiger partial charge is 0.377 e. The molecule has 104 valence electrons. The van der Waals surface area contributed by atoms with Gasteiger partial charge in [-0.05, 0) is 31.1 Å². The average Bonchev–Trinajstić information content (AvgIpc) is 2.37. The highest BCUT2D eigenvalue weighted by Crippen LogP contribution is 2.52. The molecule has 0 saturated heterocycles. The third kappa shape index (κ3) is 2.21. The van der Waals surface area contributed by atoms with Crippen molar-refractivity contribution in [3.63, 3.8) is 0 Å². The van der Waals surface area contributed by atoms with Crippen molar-refractivity contribution in [1.29, 1.82) is 0 Å². The molecule has 1 spiro atoms. The van der Waals surface area contributed by atoms with E-state index < -0.39 is 17.5 Å². The van der Waals surface area contributed by atoms with E-state index in [1.165, 1.54) is 19.3 Å². The second-order valence-electron chi connectivity index (χ2n) is 5.90. The van der Waals surface area contributed by atoms with Crippen molar-refractivity contribution in [2.24, 2.45) is 5.41 Å². The maximum atomic E-state index is 13.6. The summed E-state index contributed by atoms with van der Waals surface area (Å²) in [6, 6.07) is 1.59. The van der Waals surface area contributed by atoms with Gasteiger partial charge in [0.25, 0.3) is 0 Å². The van der Waals surface area contributed by atoms with Crippen molar-refractivity contribution in [2.45, 2.75) is 51.0 Å². The molecule has 1 N–H and O–H groups in total.